The fourth-order valence-corrected chi connectivity index (χ4v) is 3.04. The summed E-state index contributed by atoms with van der Waals surface area (Å²) in [5.74, 6) is 0.269. The Morgan fingerprint density at radius 2 is 2.04 bits per heavy atom. The Bertz CT molecular complexity index is 750. The maximum Gasteiger partial charge on any atom is 0.319 e. The maximum absolute atomic E-state index is 12.8. The van der Waals surface area contributed by atoms with Crippen LogP contribution in [0.1, 0.15) is 38.1 Å². The van der Waals surface area contributed by atoms with Gasteiger partial charge < -0.3 is 25.2 Å². The molecule has 0 bridgehead atoms. The summed E-state index contributed by atoms with van der Waals surface area (Å²) in [5.41, 5.74) is 0.889. The molecule has 0 unspecified atom stereocenters. The van der Waals surface area contributed by atoms with Crippen molar-refractivity contribution in [3.63, 3.8) is 0 Å². The molecule has 154 valence electrons. The number of carbonyl (C=O) groups is 3. The van der Waals surface area contributed by atoms with Crippen molar-refractivity contribution in [2.24, 2.45) is 5.92 Å². The van der Waals surface area contributed by atoms with E-state index in [1.807, 2.05) is 20.8 Å². The number of ether oxygens (including phenoxy) is 1. The molecule has 1 aromatic carbocycles. The lowest BCUT2D eigenvalue weighted by Gasteiger charge is -2.34. The molecular weight excluding hydrogens is 360 g/mol. The predicted octanol–water partition coefficient (Wildman–Crippen LogP) is 2.16. The molecule has 0 radical (unpaired) electrons. The van der Waals surface area contributed by atoms with Crippen molar-refractivity contribution in [1.29, 1.82) is 0 Å². The van der Waals surface area contributed by atoms with Crippen LogP contribution in [0.25, 0.3) is 0 Å². The van der Waals surface area contributed by atoms with Crippen molar-refractivity contribution in [2.45, 2.75) is 39.8 Å². The number of rotatable bonds is 4. The van der Waals surface area contributed by atoms with Crippen molar-refractivity contribution in [1.82, 2.24) is 15.1 Å². The average Bonchev–Trinajstić information content (AvgIpc) is 2.59. The third kappa shape index (κ3) is 5.37. The van der Waals surface area contributed by atoms with E-state index < -0.39 is 0 Å². The minimum absolute atomic E-state index is 0.000879. The topological polar surface area (TPSA) is 91.0 Å². The second kappa shape index (κ2) is 8.95. The van der Waals surface area contributed by atoms with Crippen molar-refractivity contribution < 1.29 is 19.1 Å². The first-order chi connectivity index (χ1) is 13.1. The third-order valence-electron chi connectivity index (χ3n) is 4.70. The highest BCUT2D eigenvalue weighted by molar-refractivity contribution is 5.99. The molecule has 1 aliphatic heterocycles. The smallest absolute Gasteiger partial charge is 0.319 e. The van der Waals surface area contributed by atoms with Gasteiger partial charge in [0.25, 0.3) is 5.91 Å². The molecule has 4 amide bonds. The molecule has 2 N–H and O–H groups in total. The second-order valence-corrected chi connectivity index (χ2v) is 7.68. The van der Waals surface area contributed by atoms with Gasteiger partial charge in [-0.25, -0.2) is 4.79 Å². The zero-order valence-corrected chi connectivity index (χ0v) is 17.4. The number of benzene rings is 1. The molecule has 8 heteroatoms. The van der Waals surface area contributed by atoms with Gasteiger partial charge in [-0.1, -0.05) is 6.92 Å². The first kappa shape index (κ1) is 21.5. The van der Waals surface area contributed by atoms with E-state index in [0.29, 0.717) is 30.1 Å². The van der Waals surface area contributed by atoms with Crippen LogP contribution in [-0.4, -0.2) is 67.0 Å². The number of nitrogens with zero attached hydrogens (tertiary/aromatic N) is 2. The summed E-state index contributed by atoms with van der Waals surface area (Å²) in [6, 6.07) is 4.67. The zero-order chi connectivity index (χ0) is 21.0. The highest BCUT2D eigenvalue weighted by Crippen LogP contribution is 2.29. The molecule has 2 atom stereocenters. The van der Waals surface area contributed by atoms with Gasteiger partial charge in [-0.05, 0) is 32.0 Å². The minimum atomic E-state index is -0.336. The van der Waals surface area contributed by atoms with Crippen LogP contribution in [0.15, 0.2) is 18.2 Å². The number of likely N-dealkylation sites (N-methyl/N-ethyl adjacent to an activating group) is 1. The van der Waals surface area contributed by atoms with Crippen LogP contribution in [0.2, 0.25) is 0 Å². The molecule has 0 fully saturated rings. The van der Waals surface area contributed by atoms with Crippen molar-refractivity contribution in [3.05, 3.63) is 23.8 Å². The highest BCUT2D eigenvalue weighted by atomic mass is 16.5. The average molecular weight is 390 g/mol. The standard InChI is InChI=1S/C20H30N4O4/c1-12(2)21-20(27)22-15-7-8-17-16(9-15)19(26)24(6)10-13(3)18(28-17)11-23(5)14(4)25/h7-9,12-13,18H,10-11H2,1-6H3,(H2,21,22,27)/t13-,18+/m0/s1. The number of fused-ring (bicyclic) bond motifs is 1. The molecule has 0 aliphatic carbocycles. The van der Waals surface area contributed by atoms with Crippen LogP contribution in [0, 0.1) is 5.92 Å². The maximum atomic E-state index is 12.8. The lowest BCUT2D eigenvalue weighted by Crippen LogP contribution is -2.45. The van der Waals surface area contributed by atoms with E-state index in [2.05, 4.69) is 10.6 Å². The number of anilines is 1. The SMILES string of the molecule is CC(=O)N(C)C[C@H]1Oc2ccc(NC(=O)NC(C)C)cc2C(=O)N(C)C[C@@H]1C. The molecule has 0 saturated heterocycles. The van der Waals surface area contributed by atoms with Gasteiger partial charge in [-0.2, -0.15) is 0 Å². The number of hydrogen-bond acceptors (Lipinski definition) is 4. The van der Waals surface area contributed by atoms with Crippen LogP contribution in [0.3, 0.4) is 0 Å². The molecular formula is C20H30N4O4. The zero-order valence-electron chi connectivity index (χ0n) is 17.4. The summed E-state index contributed by atoms with van der Waals surface area (Å²) in [6.45, 7) is 8.17. The van der Waals surface area contributed by atoms with E-state index in [1.54, 1.807) is 42.1 Å². The number of nitrogens with one attached hydrogen (secondary N) is 2. The van der Waals surface area contributed by atoms with Crippen molar-refractivity contribution in [2.75, 3.05) is 32.5 Å². The van der Waals surface area contributed by atoms with Crippen molar-refractivity contribution in [3.8, 4) is 5.75 Å². The van der Waals surface area contributed by atoms with Crippen LogP contribution >= 0.6 is 0 Å². The van der Waals surface area contributed by atoms with Crippen LogP contribution in [0.4, 0.5) is 10.5 Å². The Balaban J connectivity index is 2.30. The summed E-state index contributed by atoms with van der Waals surface area (Å²) < 4.78 is 6.14. The number of hydrogen-bond donors (Lipinski definition) is 2. The van der Waals surface area contributed by atoms with Gasteiger partial charge in [0.05, 0.1) is 12.1 Å². The van der Waals surface area contributed by atoms with Crippen LogP contribution in [0.5, 0.6) is 5.75 Å². The first-order valence-electron chi connectivity index (χ1n) is 9.43. The van der Waals surface area contributed by atoms with Crippen molar-refractivity contribution >= 4 is 23.5 Å². The van der Waals surface area contributed by atoms with E-state index in [4.69, 9.17) is 4.74 Å². The highest BCUT2D eigenvalue weighted by Gasteiger charge is 2.30. The minimum Gasteiger partial charge on any atom is -0.487 e. The molecule has 2 rings (SSSR count). The Morgan fingerprint density at radius 3 is 2.64 bits per heavy atom. The summed E-state index contributed by atoms with van der Waals surface area (Å²) in [4.78, 5) is 39.7. The van der Waals surface area contributed by atoms with E-state index in [9.17, 15) is 14.4 Å². The molecule has 8 nitrogen and oxygen atoms in total. The lowest BCUT2D eigenvalue weighted by molar-refractivity contribution is -0.129. The van der Waals surface area contributed by atoms with E-state index >= 15 is 0 Å². The fraction of sp³-hybridized carbons (Fsp3) is 0.550. The molecule has 0 aromatic heterocycles. The summed E-state index contributed by atoms with van der Waals surface area (Å²) in [6.07, 6.45) is -0.258. The summed E-state index contributed by atoms with van der Waals surface area (Å²) in [7, 11) is 3.47. The number of amides is 4. The first-order valence-corrected chi connectivity index (χ1v) is 9.43. The molecule has 28 heavy (non-hydrogen) atoms. The lowest BCUT2D eigenvalue weighted by atomic mass is 10.0. The third-order valence-corrected chi connectivity index (χ3v) is 4.70. The van der Waals surface area contributed by atoms with E-state index in [-0.39, 0.29) is 35.9 Å². The van der Waals surface area contributed by atoms with Gasteiger partial charge in [-0.3, -0.25) is 9.59 Å². The monoisotopic (exact) mass is 390 g/mol. The fourth-order valence-electron chi connectivity index (χ4n) is 3.04. The van der Waals surface area contributed by atoms with Gasteiger partial charge in [0.15, 0.2) is 0 Å². The molecule has 0 spiro atoms. The quantitative estimate of drug-likeness (QED) is 0.824. The van der Waals surface area contributed by atoms with E-state index in [1.165, 1.54) is 6.92 Å². The normalized spacial score (nSPS) is 19.2. The Labute approximate surface area is 166 Å². The van der Waals surface area contributed by atoms with Crippen LogP contribution < -0.4 is 15.4 Å². The number of urea groups is 1. The largest absolute Gasteiger partial charge is 0.487 e. The van der Waals surface area contributed by atoms with E-state index in [0.717, 1.165) is 0 Å². The molecule has 1 aromatic rings. The van der Waals surface area contributed by atoms with Gasteiger partial charge in [0.1, 0.15) is 11.9 Å². The number of carbonyl (C=O) groups excluding carboxylic acids is 3. The van der Waals surface area contributed by atoms with Crippen LogP contribution in [-0.2, 0) is 4.79 Å². The molecule has 1 heterocycles. The summed E-state index contributed by atoms with van der Waals surface area (Å²) in [5, 5.41) is 5.48. The second-order valence-electron chi connectivity index (χ2n) is 7.68. The van der Waals surface area contributed by atoms with Gasteiger partial charge in [0.2, 0.25) is 5.91 Å². The molecule has 1 aliphatic rings. The van der Waals surface area contributed by atoms with Gasteiger partial charge in [0, 0.05) is 45.2 Å². The molecule has 0 saturated carbocycles. The predicted molar refractivity (Wildman–Crippen MR) is 108 cm³/mol. The summed E-state index contributed by atoms with van der Waals surface area (Å²) >= 11 is 0. The van der Waals surface area contributed by atoms with Gasteiger partial charge >= 0.3 is 6.03 Å². The Kier molecular flexibility index (Phi) is 6.88. The Hall–Kier alpha value is -2.77. The Morgan fingerprint density at radius 1 is 1.36 bits per heavy atom. The van der Waals surface area contributed by atoms with Gasteiger partial charge in [-0.15, -0.1) is 0 Å².